The van der Waals surface area contributed by atoms with Gasteiger partial charge in [-0.25, -0.2) is 0 Å². The highest BCUT2D eigenvalue weighted by molar-refractivity contribution is 5.92. The Kier molecular flexibility index (Phi) is 4.55. The molecule has 2 rings (SSSR count). The summed E-state index contributed by atoms with van der Waals surface area (Å²) in [6.07, 6.45) is 5.52. The molecule has 0 aliphatic heterocycles. The molecule has 0 atom stereocenters. The maximum absolute atomic E-state index is 12.0. The molecule has 1 saturated carbocycles. The van der Waals surface area contributed by atoms with Crippen LogP contribution < -0.4 is 11.1 Å². The number of carbonyl (C=O) groups is 2. The Bertz CT molecular complexity index is 465. The first kappa shape index (κ1) is 13.6. The molecular formula is C15H20N2O2. The first-order valence-corrected chi connectivity index (χ1v) is 6.83. The van der Waals surface area contributed by atoms with Gasteiger partial charge in [0, 0.05) is 18.0 Å². The molecule has 0 bridgehead atoms. The van der Waals surface area contributed by atoms with Crippen molar-refractivity contribution in [2.45, 2.75) is 38.6 Å². The second-order valence-corrected chi connectivity index (χ2v) is 5.12. The first-order chi connectivity index (χ1) is 9.16. The summed E-state index contributed by atoms with van der Waals surface area (Å²) in [5, 5.41) is 2.94. The van der Waals surface area contributed by atoms with Crippen LogP contribution in [0.1, 0.15) is 48.0 Å². The topological polar surface area (TPSA) is 72.2 Å². The molecule has 1 fully saturated rings. The van der Waals surface area contributed by atoms with Crippen molar-refractivity contribution in [2.75, 3.05) is 0 Å². The van der Waals surface area contributed by atoms with Gasteiger partial charge < -0.3 is 11.1 Å². The van der Waals surface area contributed by atoms with Crippen molar-refractivity contribution in [2.24, 2.45) is 11.7 Å². The lowest BCUT2D eigenvalue weighted by Gasteiger charge is -2.20. The minimum atomic E-state index is -0.444. The fourth-order valence-electron chi connectivity index (χ4n) is 2.53. The highest BCUT2D eigenvalue weighted by Gasteiger charge is 2.20. The predicted molar refractivity (Wildman–Crippen MR) is 73.4 cm³/mol. The van der Waals surface area contributed by atoms with Crippen molar-refractivity contribution in [1.29, 1.82) is 0 Å². The van der Waals surface area contributed by atoms with E-state index in [1.807, 2.05) is 6.07 Å². The molecule has 1 aromatic rings. The third kappa shape index (κ3) is 3.81. The smallest absolute Gasteiger partial charge is 0.248 e. The summed E-state index contributed by atoms with van der Waals surface area (Å²) < 4.78 is 0. The van der Waals surface area contributed by atoms with Gasteiger partial charge in [0.1, 0.15) is 0 Å². The summed E-state index contributed by atoms with van der Waals surface area (Å²) in [5.41, 5.74) is 6.61. The number of benzene rings is 1. The number of nitrogens with two attached hydrogens (primary N) is 1. The van der Waals surface area contributed by atoms with Gasteiger partial charge in [0.05, 0.1) is 0 Å². The molecule has 102 valence electrons. The summed E-state index contributed by atoms with van der Waals surface area (Å²) in [7, 11) is 0. The Hall–Kier alpha value is -1.84. The minimum absolute atomic E-state index is 0.129. The quantitative estimate of drug-likeness (QED) is 0.869. The van der Waals surface area contributed by atoms with Crippen LogP contribution in [-0.2, 0) is 11.3 Å². The van der Waals surface area contributed by atoms with Crippen molar-refractivity contribution in [1.82, 2.24) is 5.32 Å². The van der Waals surface area contributed by atoms with E-state index in [1.165, 1.54) is 6.42 Å². The highest BCUT2D eigenvalue weighted by Crippen LogP contribution is 2.23. The van der Waals surface area contributed by atoms with Crippen LogP contribution in [0.2, 0.25) is 0 Å². The molecule has 3 N–H and O–H groups in total. The van der Waals surface area contributed by atoms with Gasteiger partial charge in [-0.2, -0.15) is 0 Å². The molecule has 4 nitrogen and oxygen atoms in total. The average molecular weight is 260 g/mol. The van der Waals surface area contributed by atoms with Crippen molar-refractivity contribution < 1.29 is 9.59 Å². The SMILES string of the molecule is NC(=O)c1cccc(CNC(=O)C2CCCCC2)c1. The van der Waals surface area contributed by atoms with E-state index in [0.717, 1.165) is 31.2 Å². The van der Waals surface area contributed by atoms with Gasteiger partial charge in [0.2, 0.25) is 11.8 Å². The number of rotatable bonds is 4. The Labute approximate surface area is 113 Å². The van der Waals surface area contributed by atoms with E-state index in [0.29, 0.717) is 12.1 Å². The monoisotopic (exact) mass is 260 g/mol. The van der Waals surface area contributed by atoms with Crippen molar-refractivity contribution in [3.63, 3.8) is 0 Å². The van der Waals surface area contributed by atoms with Crippen molar-refractivity contribution >= 4 is 11.8 Å². The largest absolute Gasteiger partial charge is 0.366 e. The zero-order chi connectivity index (χ0) is 13.7. The molecule has 4 heteroatoms. The Morgan fingerprint density at radius 1 is 1.21 bits per heavy atom. The summed E-state index contributed by atoms with van der Waals surface area (Å²) in [5.74, 6) is -0.155. The maximum atomic E-state index is 12.0. The summed E-state index contributed by atoms with van der Waals surface area (Å²) in [4.78, 5) is 23.1. The fraction of sp³-hybridized carbons (Fsp3) is 0.467. The second-order valence-electron chi connectivity index (χ2n) is 5.12. The number of primary amides is 1. The lowest BCUT2D eigenvalue weighted by atomic mass is 9.88. The van der Waals surface area contributed by atoms with E-state index in [2.05, 4.69) is 5.32 Å². The van der Waals surface area contributed by atoms with Crippen LogP contribution >= 0.6 is 0 Å². The van der Waals surface area contributed by atoms with Crippen LogP contribution in [0.3, 0.4) is 0 Å². The standard InChI is InChI=1S/C15H20N2O2/c16-14(18)13-8-4-5-11(9-13)10-17-15(19)12-6-2-1-3-7-12/h4-5,8-9,12H,1-3,6-7,10H2,(H2,16,18)(H,17,19). The van der Waals surface area contributed by atoms with Crippen molar-refractivity contribution in [3.8, 4) is 0 Å². The average Bonchev–Trinajstić information content (AvgIpc) is 2.46. The molecule has 0 heterocycles. The van der Waals surface area contributed by atoms with E-state index in [-0.39, 0.29) is 11.8 Å². The highest BCUT2D eigenvalue weighted by atomic mass is 16.2. The molecule has 0 unspecified atom stereocenters. The number of hydrogen-bond acceptors (Lipinski definition) is 2. The lowest BCUT2D eigenvalue weighted by Crippen LogP contribution is -2.31. The van der Waals surface area contributed by atoms with Gasteiger partial charge in [-0.15, -0.1) is 0 Å². The van der Waals surface area contributed by atoms with Gasteiger partial charge in [-0.1, -0.05) is 31.4 Å². The Balaban J connectivity index is 1.89. The minimum Gasteiger partial charge on any atom is -0.366 e. The lowest BCUT2D eigenvalue weighted by molar-refractivity contribution is -0.126. The Morgan fingerprint density at radius 2 is 1.95 bits per heavy atom. The molecule has 0 spiro atoms. The van der Waals surface area contributed by atoms with E-state index >= 15 is 0 Å². The van der Waals surface area contributed by atoms with E-state index in [1.54, 1.807) is 18.2 Å². The van der Waals surface area contributed by atoms with Gasteiger partial charge in [0.15, 0.2) is 0 Å². The third-order valence-electron chi connectivity index (χ3n) is 3.65. The predicted octanol–water partition coefficient (Wildman–Crippen LogP) is 1.98. The number of nitrogens with one attached hydrogen (secondary N) is 1. The molecule has 1 aliphatic carbocycles. The number of hydrogen-bond donors (Lipinski definition) is 2. The first-order valence-electron chi connectivity index (χ1n) is 6.83. The van der Waals surface area contributed by atoms with Gasteiger partial charge >= 0.3 is 0 Å². The Morgan fingerprint density at radius 3 is 2.63 bits per heavy atom. The zero-order valence-corrected chi connectivity index (χ0v) is 11.0. The maximum Gasteiger partial charge on any atom is 0.248 e. The fourth-order valence-corrected chi connectivity index (χ4v) is 2.53. The zero-order valence-electron chi connectivity index (χ0n) is 11.0. The molecule has 2 amide bonds. The summed E-state index contributed by atoms with van der Waals surface area (Å²) >= 11 is 0. The summed E-state index contributed by atoms with van der Waals surface area (Å²) in [6, 6.07) is 7.06. The molecule has 1 aromatic carbocycles. The van der Waals surface area contributed by atoms with Crippen LogP contribution in [0.25, 0.3) is 0 Å². The van der Waals surface area contributed by atoms with E-state index in [9.17, 15) is 9.59 Å². The molecule has 0 saturated heterocycles. The number of amides is 2. The molecule has 1 aliphatic rings. The molecule has 0 aromatic heterocycles. The van der Waals surface area contributed by atoms with Crippen molar-refractivity contribution in [3.05, 3.63) is 35.4 Å². The normalized spacial score (nSPS) is 16.0. The van der Waals surface area contributed by atoms with Gasteiger partial charge in [0.25, 0.3) is 0 Å². The number of carbonyl (C=O) groups excluding carboxylic acids is 2. The molecule has 19 heavy (non-hydrogen) atoms. The van der Waals surface area contributed by atoms with E-state index < -0.39 is 5.91 Å². The van der Waals surface area contributed by atoms with Gasteiger partial charge in [-0.05, 0) is 30.5 Å². The van der Waals surface area contributed by atoms with Crippen LogP contribution in [0.4, 0.5) is 0 Å². The van der Waals surface area contributed by atoms with E-state index in [4.69, 9.17) is 5.73 Å². The third-order valence-corrected chi connectivity index (χ3v) is 3.65. The molecule has 0 radical (unpaired) electrons. The van der Waals surface area contributed by atoms with Gasteiger partial charge in [-0.3, -0.25) is 9.59 Å². The van der Waals surface area contributed by atoms with Crippen LogP contribution in [0, 0.1) is 5.92 Å². The summed E-state index contributed by atoms with van der Waals surface area (Å²) in [6.45, 7) is 0.455. The van der Waals surface area contributed by atoms with Crippen LogP contribution in [-0.4, -0.2) is 11.8 Å². The van der Waals surface area contributed by atoms with Crippen LogP contribution in [0.5, 0.6) is 0 Å². The van der Waals surface area contributed by atoms with Crippen LogP contribution in [0.15, 0.2) is 24.3 Å². The molecular weight excluding hydrogens is 240 g/mol. The second kappa shape index (κ2) is 6.36.